The van der Waals surface area contributed by atoms with Crippen LogP contribution in [0.3, 0.4) is 0 Å². The van der Waals surface area contributed by atoms with Gasteiger partial charge in [-0.15, -0.1) is 0 Å². The lowest BCUT2D eigenvalue weighted by Gasteiger charge is -2.25. The maximum Gasteiger partial charge on any atom is 0.0857 e. The Morgan fingerprint density at radius 3 is 1.82 bits per heavy atom. The summed E-state index contributed by atoms with van der Waals surface area (Å²) < 4.78 is 1.01. The van der Waals surface area contributed by atoms with Crippen LogP contribution in [-0.2, 0) is 6.42 Å². The van der Waals surface area contributed by atoms with Gasteiger partial charge in [0.1, 0.15) is 0 Å². The Balaban J connectivity index is 1.31. The molecule has 0 aliphatic heterocycles. The van der Waals surface area contributed by atoms with E-state index >= 15 is 0 Å². The molecular formula is C41H39BrN2. The van der Waals surface area contributed by atoms with E-state index in [0.717, 1.165) is 50.1 Å². The molecule has 5 aromatic carbocycles. The van der Waals surface area contributed by atoms with Gasteiger partial charge in [-0.3, -0.25) is 0 Å². The van der Waals surface area contributed by atoms with Crippen LogP contribution in [0.4, 0.5) is 17.1 Å². The molecule has 0 atom stereocenters. The van der Waals surface area contributed by atoms with Gasteiger partial charge in [0, 0.05) is 32.5 Å². The third kappa shape index (κ3) is 6.95. The number of para-hydroxylation sites is 3. The number of hydrogen-bond acceptors (Lipinski definition) is 2. The van der Waals surface area contributed by atoms with Crippen molar-refractivity contribution < 1.29 is 0 Å². The minimum absolute atomic E-state index is 0.982. The van der Waals surface area contributed by atoms with Crippen molar-refractivity contribution in [2.45, 2.75) is 51.9 Å². The first-order valence-corrected chi connectivity index (χ1v) is 16.7. The Hall–Kier alpha value is -4.21. The van der Waals surface area contributed by atoms with Crippen LogP contribution >= 0.6 is 15.9 Å². The van der Waals surface area contributed by atoms with Crippen LogP contribution in [0.15, 0.2) is 138 Å². The zero-order chi connectivity index (χ0) is 30.1. The van der Waals surface area contributed by atoms with E-state index in [-0.39, 0.29) is 0 Å². The predicted molar refractivity (Wildman–Crippen MR) is 192 cm³/mol. The molecule has 44 heavy (non-hydrogen) atoms. The molecule has 0 radical (unpaired) electrons. The molecule has 2 nitrogen and oxygen atoms in total. The molecule has 0 saturated heterocycles. The molecule has 0 fully saturated rings. The molecule has 0 aliphatic rings. The van der Waals surface area contributed by atoms with E-state index in [9.17, 15) is 0 Å². The number of rotatable bonds is 12. The third-order valence-electron chi connectivity index (χ3n) is 8.32. The quantitative estimate of drug-likeness (QED) is 0.124. The number of anilines is 3. The van der Waals surface area contributed by atoms with Crippen molar-refractivity contribution in [2.24, 2.45) is 0 Å². The van der Waals surface area contributed by atoms with Crippen molar-refractivity contribution in [3.05, 3.63) is 143 Å². The average Bonchev–Trinajstić information content (AvgIpc) is 3.08. The first-order chi connectivity index (χ1) is 21.7. The van der Waals surface area contributed by atoms with Crippen molar-refractivity contribution in [1.82, 2.24) is 4.98 Å². The third-order valence-corrected chi connectivity index (χ3v) is 8.96. The topological polar surface area (TPSA) is 16.1 Å². The summed E-state index contributed by atoms with van der Waals surface area (Å²) in [4.78, 5) is 7.43. The highest BCUT2D eigenvalue weighted by Crippen LogP contribution is 2.38. The Morgan fingerprint density at radius 2 is 1.16 bits per heavy atom. The molecule has 220 valence electrons. The van der Waals surface area contributed by atoms with E-state index in [4.69, 9.17) is 4.98 Å². The van der Waals surface area contributed by atoms with Gasteiger partial charge in [-0.2, -0.15) is 0 Å². The van der Waals surface area contributed by atoms with Crippen molar-refractivity contribution >= 4 is 43.9 Å². The highest BCUT2D eigenvalue weighted by Gasteiger charge is 2.15. The SMILES string of the molecule is CCCCCCCCc1ccc(-c2cc(-c3ccc(N(c4ccccc4)c4ccccc4)cc3)c3cccc(Br)c3n2)cc1. The van der Waals surface area contributed by atoms with Crippen LogP contribution in [0, 0.1) is 0 Å². The van der Waals surface area contributed by atoms with E-state index in [2.05, 4.69) is 161 Å². The van der Waals surface area contributed by atoms with Gasteiger partial charge in [-0.25, -0.2) is 4.98 Å². The van der Waals surface area contributed by atoms with Gasteiger partial charge in [0.15, 0.2) is 0 Å². The highest BCUT2D eigenvalue weighted by atomic mass is 79.9. The number of fused-ring (bicyclic) bond motifs is 1. The second kappa shape index (κ2) is 14.5. The van der Waals surface area contributed by atoms with E-state index in [1.54, 1.807) is 0 Å². The monoisotopic (exact) mass is 638 g/mol. The molecule has 1 aromatic heterocycles. The lowest BCUT2D eigenvalue weighted by Crippen LogP contribution is -2.09. The normalized spacial score (nSPS) is 11.1. The van der Waals surface area contributed by atoms with E-state index < -0.39 is 0 Å². The predicted octanol–water partition coefficient (Wildman–Crippen LogP) is 12.7. The fraction of sp³-hybridized carbons (Fsp3) is 0.195. The van der Waals surface area contributed by atoms with Crippen LogP contribution in [0.25, 0.3) is 33.3 Å². The number of benzene rings is 5. The lowest BCUT2D eigenvalue weighted by atomic mass is 9.97. The lowest BCUT2D eigenvalue weighted by molar-refractivity contribution is 0.607. The number of aryl methyl sites for hydroxylation is 1. The summed E-state index contributed by atoms with van der Waals surface area (Å²) in [5.74, 6) is 0. The van der Waals surface area contributed by atoms with E-state index in [1.165, 1.54) is 55.2 Å². The Kier molecular flexibility index (Phi) is 9.84. The number of hydrogen-bond donors (Lipinski definition) is 0. The summed E-state index contributed by atoms with van der Waals surface area (Å²) in [6.45, 7) is 2.27. The van der Waals surface area contributed by atoms with Gasteiger partial charge in [-0.05, 0) is 94.0 Å². The summed E-state index contributed by atoms with van der Waals surface area (Å²) >= 11 is 3.79. The van der Waals surface area contributed by atoms with Gasteiger partial charge in [0.2, 0.25) is 0 Å². The summed E-state index contributed by atoms with van der Waals surface area (Å²) in [5.41, 5.74) is 10.3. The van der Waals surface area contributed by atoms with Crippen LogP contribution in [0.1, 0.15) is 51.0 Å². The van der Waals surface area contributed by atoms with E-state index in [0.29, 0.717) is 0 Å². The number of unbranched alkanes of at least 4 members (excludes halogenated alkanes) is 5. The van der Waals surface area contributed by atoms with Gasteiger partial charge in [-0.1, -0.05) is 124 Å². The molecule has 6 aromatic rings. The molecule has 3 heteroatoms. The van der Waals surface area contributed by atoms with Crippen LogP contribution in [-0.4, -0.2) is 4.98 Å². The minimum atomic E-state index is 0.982. The molecule has 0 saturated carbocycles. The Morgan fingerprint density at radius 1 is 0.568 bits per heavy atom. The number of aromatic nitrogens is 1. The fourth-order valence-electron chi connectivity index (χ4n) is 5.94. The van der Waals surface area contributed by atoms with E-state index in [1.807, 2.05) is 0 Å². The second-order valence-corrected chi connectivity index (χ2v) is 12.3. The molecule has 0 N–H and O–H groups in total. The standard InChI is InChI=1S/C41H39BrN2/c1-2-3-4-5-6-9-15-31-22-24-33(25-23-31)40-30-38(37-20-14-21-39(42)41(37)43-40)32-26-28-36(29-27-32)44(34-16-10-7-11-17-34)35-18-12-8-13-19-35/h7-8,10-14,16-30H,2-6,9,15H2,1H3. The summed E-state index contributed by atoms with van der Waals surface area (Å²) in [5, 5.41) is 1.14. The first-order valence-electron chi connectivity index (χ1n) is 15.9. The van der Waals surface area contributed by atoms with Gasteiger partial charge < -0.3 is 4.90 Å². The summed E-state index contributed by atoms with van der Waals surface area (Å²) in [7, 11) is 0. The molecular weight excluding hydrogens is 600 g/mol. The van der Waals surface area contributed by atoms with Crippen molar-refractivity contribution in [3.63, 3.8) is 0 Å². The summed E-state index contributed by atoms with van der Waals surface area (Å²) in [6.07, 6.45) is 9.09. The maximum atomic E-state index is 5.13. The van der Waals surface area contributed by atoms with Crippen molar-refractivity contribution in [2.75, 3.05) is 4.90 Å². The molecule has 0 amide bonds. The molecule has 0 unspecified atom stereocenters. The average molecular weight is 640 g/mol. The zero-order valence-corrected chi connectivity index (χ0v) is 27.0. The molecule has 0 bridgehead atoms. The number of pyridine rings is 1. The maximum absolute atomic E-state index is 5.13. The van der Waals surface area contributed by atoms with Crippen LogP contribution < -0.4 is 4.90 Å². The highest BCUT2D eigenvalue weighted by molar-refractivity contribution is 9.10. The van der Waals surface area contributed by atoms with Crippen LogP contribution in [0.2, 0.25) is 0 Å². The van der Waals surface area contributed by atoms with Gasteiger partial charge in [0.25, 0.3) is 0 Å². The fourth-order valence-corrected chi connectivity index (χ4v) is 6.40. The van der Waals surface area contributed by atoms with Crippen molar-refractivity contribution in [3.8, 4) is 22.4 Å². The number of nitrogens with zero attached hydrogens (tertiary/aromatic N) is 2. The second-order valence-electron chi connectivity index (χ2n) is 11.5. The largest absolute Gasteiger partial charge is 0.311 e. The molecule has 1 heterocycles. The van der Waals surface area contributed by atoms with Gasteiger partial charge in [0.05, 0.1) is 11.2 Å². The smallest absolute Gasteiger partial charge is 0.0857 e. The molecule has 6 rings (SSSR count). The summed E-state index contributed by atoms with van der Waals surface area (Å²) in [6, 6.07) is 47.6. The minimum Gasteiger partial charge on any atom is -0.311 e. The van der Waals surface area contributed by atoms with Crippen LogP contribution in [0.5, 0.6) is 0 Å². The van der Waals surface area contributed by atoms with Crippen molar-refractivity contribution in [1.29, 1.82) is 0 Å². The number of halogens is 1. The molecule has 0 spiro atoms. The Bertz CT molecular complexity index is 1740. The van der Waals surface area contributed by atoms with Gasteiger partial charge >= 0.3 is 0 Å². The molecule has 0 aliphatic carbocycles. The first kappa shape index (κ1) is 29.8. The Labute approximate surface area is 270 Å². The zero-order valence-electron chi connectivity index (χ0n) is 25.4.